The summed E-state index contributed by atoms with van der Waals surface area (Å²) in [6, 6.07) is 7.54. The highest BCUT2D eigenvalue weighted by Gasteiger charge is 2.13. The van der Waals surface area contributed by atoms with E-state index in [0.29, 0.717) is 12.1 Å². The number of benzene rings is 1. The summed E-state index contributed by atoms with van der Waals surface area (Å²) < 4.78 is 0. The summed E-state index contributed by atoms with van der Waals surface area (Å²) in [5.41, 5.74) is 7.20. The van der Waals surface area contributed by atoms with Crippen molar-refractivity contribution in [3.05, 3.63) is 35.4 Å². The van der Waals surface area contributed by atoms with Gasteiger partial charge in [-0.3, -0.25) is 9.59 Å². The molecule has 118 valence electrons. The third kappa shape index (κ3) is 7.83. The van der Waals surface area contributed by atoms with Crippen molar-refractivity contribution in [2.75, 3.05) is 6.54 Å². The molecule has 0 aliphatic carbocycles. The maximum atomic E-state index is 11.9. The van der Waals surface area contributed by atoms with Crippen LogP contribution in [-0.2, 0) is 11.2 Å². The van der Waals surface area contributed by atoms with Gasteiger partial charge in [0, 0.05) is 30.5 Å². The molecule has 0 radical (unpaired) electrons. The molecule has 1 aromatic rings. The van der Waals surface area contributed by atoms with Crippen molar-refractivity contribution < 1.29 is 9.59 Å². The van der Waals surface area contributed by atoms with E-state index < -0.39 is 5.54 Å². The molecule has 1 amide bonds. The minimum Gasteiger partial charge on any atom is -0.354 e. The van der Waals surface area contributed by atoms with Crippen molar-refractivity contribution in [1.82, 2.24) is 5.32 Å². The third-order valence-electron chi connectivity index (χ3n) is 3.00. The first-order chi connectivity index (χ1) is 9.31. The number of nitrogens with two attached hydrogens (primary N) is 1. The number of carbonyl (C=O) groups excluding carboxylic acids is 2. The number of halogens is 1. The molecule has 0 heterocycles. The van der Waals surface area contributed by atoms with Gasteiger partial charge in [0.2, 0.25) is 5.91 Å². The Morgan fingerprint density at radius 3 is 2.19 bits per heavy atom. The fourth-order valence-corrected chi connectivity index (χ4v) is 1.71. The Morgan fingerprint density at radius 2 is 1.71 bits per heavy atom. The molecule has 0 saturated heterocycles. The lowest BCUT2D eigenvalue weighted by molar-refractivity contribution is -0.121. The Kier molecular flexibility index (Phi) is 8.22. The molecule has 0 unspecified atom stereocenters. The van der Waals surface area contributed by atoms with Crippen molar-refractivity contribution in [2.45, 2.75) is 45.6 Å². The van der Waals surface area contributed by atoms with E-state index in [1.807, 2.05) is 38.1 Å². The molecule has 3 N–H and O–H groups in total. The number of carbonyl (C=O) groups is 2. The standard InChI is InChI=1S/C16H24N2O2.ClH/c1-4-12-5-7-13(8-6-12)14(19)9-10-15(20)18-11-16(2,3)17;/h5-8H,4,9-11,17H2,1-3H3,(H,18,20);1H. The number of aryl methyl sites for hydroxylation is 1. The molecule has 0 aliphatic heterocycles. The second-order valence-corrected chi connectivity index (χ2v) is 5.74. The summed E-state index contributed by atoms with van der Waals surface area (Å²) in [5, 5.41) is 2.73. The molecule has 0 saturated carbocycles. The summed E-state index contributed by atoms with van der Waals surface area (Å²) in [6.07, 6.45) is 1.37. The average molecular weight is 313 g/mol. The summed E-state index contributed by atoms with van der Waals surface area (Å²) in [4.78, 5) is 23.6. The fourth-order valence-electron chi connectivity index (χ4n) is 1.71. The zero-order chi connectivity index (χ0) is 15.2. The molecule has 4 nitrogen and oxygen atoms in total. The van der Waals surface area contributed by atoms with E-state index in [2.05, 4.69) is 12.2 Å². The third-order valence-corrected chi connectivity index (χ3v) is 3.00. The predicted molar refractivity (Wildman–Crippen MR) is 87.9 cm³/mol. The van der Waals surface area contributed by atoms with Gasteiger partial charge in [-0.1, -0.05) is 31.2 Å². The molecule has 0 aliphatic rings. The molecule has 5 heteroatoms. The Hall–Kier alpha value is -1.39. The molecule has 1 rings (SSSR count). The number of hydrogen-bond donors (Lipinski definition) is 2. The highest BCUT2D eigenvalue weighted by molar-refractivity contribution is 5.97. The van der Waals surface area contributed by atoms with Crippen LogP contribution in [-0.4, -0.2) is 23.8 Å². The van der Waals surface area contributed by atoms with Gasteiger partial charge in [-0.2, -0.15) is 0 Å². The summed E-state index contributed by atoms with van der Waals surface area (Å²) in [5.74, 6) is -0.142. The molecule has 0 fully saturated rings. The van der Waals surface area contributed by atoms with Crippen LogP contribution in [0.15, 0.2) is 24.3 Å². The highest BCUT2D eigenvalue weighted by atomic mass is 35.5. The zero-order valence-corrected chi connectivity index (χ0v) is 13.8. The maximum Gasteiger partial charge on any atom is 0.220 e. The SMILES string of the molecule is CCc1ccc(C(=O)CCC(=O)NCC(C)(C)N)cc1.Cl. The molecule has 0 aromatic heterocycles. The van der Waals surface area contributed by atoms with Crippen LogP contribution in [0.3, 0.4) is 0 Å². The van der Waals surface area contributed by atoms with Gasteiger partial charge in [0.05, 0.1) is 0 Å². The Balaban J connectivity index is 0.00000400. The minimum absolute atomic E-state index is 0. The molecule has 0 atom stereocenters. The number of ketones is 1. The lowest BCUT2D eigenvalue weighted by Crippen LogP contribution is -2.45. The van der Waals surface area contributed by atoms with E-state index in [4.69, 9.17) is 5.73 Å². The second kappa shape index (κ2) is 8.80. The van der Waals surface area contributed by atoms with E-state index in [1.165, 1.54) is 5.56 Å². The van der Waals surface area contributed by atoms with E-state index in [-0.39, 0.29) is 36.9 Å². The molecular weight excluding hydrogens is 288 g/mol. The van der Waals surface area contributed by atoms with Gasteiger partial charge in [0.15, 0.2) is 5.78 Å². The normalized spacial score (nSPS) is 10.7. The van der Waals surface area contributed by atoms with Gasteiger partial charge in [-0.15, -0.1) is 12.4 Å². The largest absolute Gasteiger partial charge is 0.354 e. The lowest BCUT2D eigenvalue weighted by atomic mass is 10.0. The van der Waals surface area contributed by atoms with Crippen LogP contribution >= 0.6 is 12.4 Å². The number of rotatable bonds is 7. The Labute approximate surface area is 132 Å². The Morgan fingerprint density at radius 1 is 1.14 bits per heavy atom. The predicted octanol–water partition coefficient (Wildman–Crippen LogP) is 2.49. The number of Topliss-reactive ketones (excluding diaryl/α,β-unsaturated/α-hetero) is 1. The smallest absolute Gasteiger partial charge is 0.220 e. The summed E-state index contributed by atoms with van der Waals surface area (Å²) >= 11 is 0. The number of hydrogen-bond acceptors (Lipinski definition) is 3. The van der Waals surface area contributed by atoms with Crippen molar-refractivity contribution in [1.29, 1.82) is 0 Å². The molecule has 1 aromatic carbocycles. The first-order valence-corrected chi connectivity index (χ1v) is 6.99. The highest BCUT2D eigenvalue weighted by Crippen LogP contribution is 2.08. The second-order valence-electron chi connectivity index (χ2n) is 5.74. The summed E-state index contributed by atoms with van der Waals surface area (Å²) in [6.45, 7) is 6.16. The van der Waals surface area contributed by atoms with Crippen LogP contribution in [0.4, 0.5) is 0 Å². The molecular formula is C16H25ClN2O2. The first kappa shape index (κ1) is 19.6. The van der Waals surface area contributed by atoms with Crippen molar-refractivity contribution in [2.24, 2.45) is 5.73 Å². The van der Waals surface area contributed by atoms with Crippen LogP contribution in [0.1, 0.15) is 49.5 Å². The quantitative estimate of drug-likeness (QED) is 0.760. The summed E-state index contributed by atoms with van der Waals surface area (Å²) in [7, 11) is 0. The van der Waals surface area contributed by atoms with Crippen LogP contribution in [0.25, 0.3) is 0 Å². The van der Waals surface area contributed by atoms with Gasteiger partial charge in [0.25, 0.3) is 0 Å². The van der Waals surface area contributed by atoms with Gasteiger partial charge >= 0.3 is 0 Å². The van der Waals surface area contributed by atoms with Crippen LogP contribution in [0.5, 0.6) is 0 Å². The molecule has 0 spiro atoms. The first-order valence-electron chi connectivity index (χ1n) is 6.99. The van der Waals surface area contributed by atoms with Crippen molar-refractivity contribution in [3.8, 4) is 0 Å². The Bertz CT molecular complexity index is 464. The van der Waals surface area contributed by atoms with E-state index in [1.54, 1.807) is 0 Å². The monoisotopic (exact) mass is 312 g/mol. The minimum atomic E-state index is -0.435. The fraction of sp³-hybridized carbons (Fsp3) is 0.500. The molecule has 21 heavy (non-hydrogen) atoms. The van der Waals surface area contributed by atoms with E-state index in [0.717, 1.165) is 6.42 Å². The topological polar surface area (TPSA) is 72.2 Å². The maximum absolute atomic E-state index is 11.9. The van der Waals surface area contributed by atoms with Crippen LogP contribution in [0.2, 0.25) is 0 Å². The van der Waals surface area contributed by atoms with Crippen LogP contribution < -0.4 is 11.1 Å². The average Bonchev–Trinajstić information content (AvgIpc) is 2.41. The van der Waals surface area contributed by atoms with Crippen LogP contribution in [0, 0.1) is 0 Å². The van der Waals surface area contributed by atoms with Gasteiger partial charge in [0.1, 0.15) is 0 Å². The number of amides is 1. The van der Waals surface area contributed by atoms with Crippen molar-refractivity contribution in [3.63, 3.8) is 0 Å². The van der Waals surface area contributed by atoms with E-state index >= 15 is 0 Å². The van der Waals surface area contributed by atoms with Gasteiger partial charge in [-0.05, 0) is 25.8 Å². The van der Waals surface area contributed by atoms with Gasteiger partial charge in [-0.25, -0.2) is 0 Å². The van der Waals surface area contributed by atoms with Gasteiger partial charge < -0.3 is 11.1 Å². The van der Waals surface area contributed by atoms with Crippen molar-refractivity contribution >= 4 is 24.1 Å². The van der Waals surface area contributed by atoms with E-state index in [9.17, 15) is 9.59 Å². The zero-order valence-electron chi connectivity index (χ0n) is 12.9. The lowest BCUT2D eigenvalue weighted by Gasteiger charge is -2.18. The number of nitrogens with one attached hydrogen (secondary N) is 1. The molecule has 0 bridgehead atoms.